The highest BCUT2D eigenvalue weighted by Crippen LogP contribution is 2.17. The molecule has 0 bridgehead atoms. The zero-order valence-corrected chi connectivity index (χ0v) is 11.8. The van der Waals surface area contributed by atoms with Gasteiger partial charge in [-0.1, -0.05) is 12.1 Å². The quantitative estimate of drug-likeness (QED) is 0.862. The van der Waals surface area contributed by atoms with Gasteiger partial charge in [-0.25, -0.2) is 0 Å². The van der Waals surface area contributed by atoms with E-state index in [0.717, 1.165) is 11.3 Å². The second-order valence-corrected chi connectivity index (χ2v) is 4.24. The fourth-order valence-corrected chi connectivity index (χ4v) is 1.57. The van der Waals surface area contributed by atoms with Crippen LogP contribution in [0.5, 0.6) is 5.75 Å². The lowest BCUT2D eigenvalue weighted by Gasteiger charge is -2.15. The average Bonchev–Trinajstić information content (AvgIpc) is 2.28. The molecule has 0 saturated heterocycles. The molecule has 0 radical (unpaired) electrons. The Labute approximate surface area is 114 Å². The normalized spacial score (nSPS) is 13.1. The Morgan fingerprint density at radius 3 is 2.33 bits per heavy atom. The lowest BCUT2D eigenvalue weighted by Crippen LogP contribution is -2.31. The van der Waals surface area contributed by atoms with Crippen LogP contribution in [0.15, 0.2) is 24.3 Å². The predicted molar refractivity (Wildman–Crippen MR) is 75.1 cm³/mol. The molecule has 0 fully saturated rings. The van der Waals surface area contributed by atoms with Crippen LogP contribution in [0.25, 0.3) is 0 Å². The summed E-state index contributed by atoms with van der Waals surface area (Å²) in [7, 11) is 1.63. The summed E-state index contributed by atoms with van der Waals surface area (Å²) < 4.78 is 5.08. The molecule has 0 saturated carbocycles. The van der Waals surface area contributed by atoms with Crippen molar-refractivity contribution >= 4 is 18.3 Å². The maximum atomic E-state index is 11.5. The summed E-state index contributed by atoms with van der Waals surface area (Å²) >= 11 is 0. The Morgan fingerprint density at radius 2 is 1.89 bits per heavy atom. The lowest BCUT2D eigenvalue weighted by molar-refractivity contribution is -0.122. The van der Waals surface area contributed by atoms with E-state index in [4.69, 9.17) is 10.5 Å². The molecule has 18 heavy (non-hydrogen) atoms. The highest BCUT2D eigenvalue weighted by atomic mass is 35.5. The Morgan fingerprint density at radius 1 is 1.33 bits per heavy atom. The van der Waals surface area contributed by atoms with E-state index in [1.54, 1.807) is 7.11 Å². The summed E-state index contributed by atoms with van der Waals surface area (Å²) in [6.07, 6.45) is 0.348. The van der Waals surface area contributed by atoms with Crippen molar-refractivity contribution in [3.05, 3.63) is 29.8 Å². The van der Waals surface area contributed by atoms with Gasteiger partial charge in [-0.2, -0.15) is 0 Å². The van der Waals surface area contributed by atoms with Gasteiger partial charge in [0.2, 0.25) is 5.91 Å². The molecule has 0 spiro atoms. The van der Waals surface area contributed by atoms with Crippen LogP contribution in [0.2, 0.25) is 0 Å². The average molecular weight is 273 g/mol. The first-order valence-electron chi connectivity index (χ1n) is 5.72. The van der Waals surface area contributed by atoms with Gasteiger partial charge in [-0.05, 0) is 31.5 Å². The maximum Gasteiger partial charge on any atom is 0.222 e. The third-order valence-corrected chi connectivity index (χ3v) is 2.50. The minimum Gasteiger partial charge on any atom is -0.497 e. The van der Waals surface area contributed by atoms with E-state index in [9.17, 15) is 4.79 Å². The van der Waals surface area contributed by atoms with Gasteiger partial charge in [-0.3, -0.25) is 4.79 Å². The molecule has 3 N–H and O–H groups in total. The first-order chi connectivity index (χ1) is 8.02. The second-order valence-electron chi connectivity index (χ2n) is 4.24. The van der Waals surface area contributed by atoms with E-state index in [0.29, 0.717) is 6.42 Å². The minimum absolute atomic E-state index is 0. The standard InChI is InChI=1S/C13H20N2O2.ClH/c1-9(14)8-13(16)15-10(2)11-4-6-12(17-3)7-5-11;/h4-7,9-10H,8,14H2,1-3H3,(H,15,16);1H. The first-order valence-corrected chi connectivity index (χ1v) is 5.72. The number of hydrogen-bond donors (Lipinski definition) is 2. The van der Waals surface area contributed by atoms with E-state index in [-0.39, 0.29) is 30.4 Å². The number of carbonyl (C=O) groups is 1. The number of ether oxygens (including phenoxy) is 1. The fraction of sp³-hybridized carbons (Fsp3) is 0.462. The molecule has 0 aliphatic rings. The van der Waals surface area contributed by atoms with Gasteiger partial charge in [0.05, 0.1) is 13.2 Å². The molecule has 5 heteroatoms. The molecule has 1 aromatic carbocycles. The molecule has 1 rings (SSSR count). The van der Waals surface area contributed by atoms with E-state index in [1.165, 1.54) is 0 Å². The Kier molecular flexibility index (Phi) is 7.39. The SMILES string of the molecule is COc1ccc(C(C)NC(=O)CC(C)N)cc1.Cl. The monoisotopic (exact) mass is 272 g/mol. The molecule has 0 aromatic heterocycles. The molecule has 0 aliphatic carbocycles. The van der Waals surface area contributed by atoms with E-state index < -0.39 is 0 Å². The number of benzene rings is 1. The van der Waals surface area contributed by atoms with Crippen molar-refractivity contribution in [2.24, 2.45) is 5.73 Å². The van der Waals surface area contributed by atoms with Crippen molar-refractivity contribution in [2.45, 2.75) is 32.4 Å². The number of carbonyl (C=O) groups excluding carboxylic acids is 1. The minimum atomic E-state index is -0.113. The summed E-state index contributed by atoms with van der Waals surface area (Å²) in [6.45, 7) is 3.76. The molecular weight excluding hydrogens is 252 g/mol. The van der Waals surface area contributed by atoms with Crippen molar-refractivity contribution in [2.75, 3.05) is 7.11 Å². The molecule has 0 heterocycles. The third-order valence-electron chi connectivity index (χ3n) is 2.50. The summed E-state index contributed by atoms with van der Waals surface area (Å²) in [5.74, 6) is 0.783. The highest BCUT2D eigenvalue weighted by molar-refractivity contribution is 5.85. The van der Waals surface area contributed by atoms with Gasteiger partial charge in [0.25, 0.3) is 0 Å². The van der Waals surface area contributed by atoms with Gasteiger partial charge in [0.1, 0.15) is 5.75 Å². The number of amides is 1. The van der Waals surface area contributed by atoms with Crippen LogP contribution in [0.1, 0.15) is 31.9 Å². The zero-order chi connectivity index (χ0) is 12.8. The van der Waals surface area contributed by atoms with Crippen LogP contribution in [0.4, 0.5) is 0 Å². The van der Waals surface area contributed by atoms with Crippen molar-refractivity contribution in [1.29, 1.82) is 0 Å². The van der Waals surface area contributed by atoms with E-state index in [2.05, 4.69) is 5.32 Å². The van der Waals surface area contributed by atoms with Crippen LogP contribution in [-0.2, 0) is 4.79 Å². The van der Waals surface area contributed by atoms with Gasteiger partial charge >= 0.3 is 0 Å². The van der Waals surface area contributed by atoms with Gasteiger partial charge in [-0.15, -0.1) is 12.4 Å². The Hall–Kier alpha value is -1.26. The summed E-state index contributed by atoms with van der Waals surface area (Å²) in [6, 6.07) is 7.50. The summed E-state index contributed by atoms with van der Waals surface area (Å²) in [4.78, 5) is 11.5. The van der Waals surface area contributed by atoms with Crippen LogP contribution in [-0.4, -0.2) is 19.1 Å². The molecule has 102 valence electrons. The summed E-state index contributed by atoms with van der Waals surface area (Å²) in [5.41, 5.74) is 6.61. The van der Waals surface area contributed by atoms with Gasteiger partial charge < -0.3 is 15.8 Å². The number of hydrogen-bond acceptors (Lipinski definition) is 3. The van der Waals surface area contributed by atoms with E-state index in [1.807, 2.05) is 38.1 Å². The third kappa shape index (κ3) is 5.38. The van der Waals surface area contributed by atoms with Crippen LogP contribution in [0, 0.1) is 0 Å². The molecule has 4 nitrogen and oxygen atoms in total. The van der Waals surface area contributed by atoms with E-state index >= 15 is 0 Å². The van der Waals surface area contributed by atoms with Crippen molar-refractivity contribution in [3.8, 4) is 5.75 Å². The molecule has 2 unspecified atom stereocenters. The largest absolute Gasteiger partial charge is 0.497 e. The highest BCUT2D eigenvalue weighted by Gasteiger charge is 2.10. The fourth-order valence-electron chi connectivity index (χ4n) is 1.57. The number of nitrogens with one attached hydrogen (secondary N) is 1. The van der Waals surface area contributed by atoms with Crippen LogP contribution in [0.3, 0.4) is 0 Å². The lowest BCUT2D eigenvalue weighted by atomic mass is 10.1. The number of halogens is 1. The maximum absolute atomic E-state index is 11.5. The second kappa shape index (κ2) is 7.95. The molecule has 1 amide bonds. The smallest absolute Gasteiger partial charge is 0.222 e. The Balaban J connectivity index is 0.00000289. The molecule has 0 aliphatic heterocycles. The van der Waals surface area contributed by atoms with Crippen molar-refractivity contribution in [3.63, 3.8) is 0 Å². The molecule has 1 aromatic rings. The predicted octanol–water partition coefficient (Wildman–Crippen LogP) is 2.03. The van der Waals surface area contributed by atoms with Crippen molar-refractivity contribution < 1.29 is 9.53 Å². The summed E-state index contributed by atoms with van der Waals surface area (Å²) in [5, 5.41) is 2.91. The molecular formula is C13H21ClN2O2. The number of rotatable bonds is 5. The topological polar surface area (TPSA) is 64.3 Å². The number of nitrogens with two attached hydrogens (primary N) is 1. The van der Waals surface area contributed by atoms with Crippen molar-refractivity contribution in [1.82, 2.24) is 5.32 Å². The first kappa shape index (κ1) is 16.7. The van der Waals surface area contributed by atoms with Gasteiger partial charge in [0, 0.05) is 12.5 Å². The number of methoxy groups -OCH3 is 1. The van der Waals surface area contributed by atoms with Crippen LogP contribution >= 0.6 is 12.4 Å². The Bertz CT molecular complexity index is 366. The van der Waals surface area contributed by atoms with Gasteiger partial charge in [0.15, 0.2) is 0 Å². The van der Waals surface area contributed by atoms with Crippen LogP contribution < -0.4 is 15.8 Å². The molecule has 2 atom stereocenters. The zero-order valence-electron chi connectivity index (χ0n) is 11.0.